The Bertz CT molecular complexity index is 1640. The van der Waals surface area contributed by atoms with Gasteiger partial charge in [0.05, 0.1) is 22.5 Å². The summed E-state index contributed by atoms with van der Waals surface area (Å²) < 4.78 is 8.39. The van der Waals surface area contributed by atoms with Crippen LogP contribution in [-0.4, -0.2) is 26.4 Å². The Balaban J connectivity index is 1.32. The molecule has 5 heteroatoms. The van der Waals surface area contributed by atoms with Gasteiger partial charge in [0.25, 0.3) is 0 Å². The molecule has 3 aromatic heterocycles. The Morgan fingerprint density at radius 2 is 1.52 bits per heavy atom. The molecule has 198 valence electrons. The zero-order valence-electron chi connectivity index (χ0n) is 22.6. The fourth-order valence-electron chi connectivity index (χ4n) is 7.33. The van der Waals surface area contributed by atoms with Gasteiger partial charge in [0.1, 0.15) is 0 Å². The van der Waals surface area contributed by atoms with Crippen molar-refractivity contribution in [2.24, 2.45) is 0 Å². The monoisotopic (exact) mass is 524 g/mol. The number of ether oxygens (including phenoxy) is 1. The molecule has 1 unspecified atom stereocenters. The first kappa shape index (κ1) is 23.8. The highest BCUT2D eigenvalue weighted by molar-refractivity contribution is 5.86. The van der Waals surface area contributed by atoms with Crippen LogP contribution in [0.5, 0.6) is 0 Å². The van der Waals surface area contributed by atoms with E-state index in [4.69, 9.17) is 14.8 Å². The van der Waals surface area contributed by atoms with Crippen molar-refractivity contribution in [1.29, 1.82) is 0 Å². The van der Waals surface area contributed by atoms with Gasteiger partial charge in [-0.25, -0.2) is 4.68 Å². The van der Waals surface area contributed by atoms with Crippen LogP contribution in [0, 0.1) is 0 Å². The molecule has 0 spiro atoms. The van der Waals surface area contributed by atoms with Crippen LogP contribution < -0.4 is 0 Å². The molecule has 0 radical (unpaired) electrons. The molecule has 2 aliphatic carbocycles. The van der Waals surface area contributed by atoms with E-state index >= 15 is 0 Å². The Morgan fingerprint density at radius 3 is 2.23 bits per heavy atom. The van der Waals surface area contributed by atoms with Crippen molar-refractivity contribution in [3.8, 4) is 22.5 Å². The van der Waals surface area contributed by atoms with Gasteiger partial charge in [-0.2, -0.15) is 5.10 Å². The third-order valence-electron chi connectivity index (χ3n) is 9.10. The zero-order chi connectivity index (χ0) is 26.5. The van der Waals surface area contributed by atoms with Crippen LogP contribution in [0.3, 0.4) is 0 Å². The molecule has 0 bridgehead atoms. The number of hydrogen-bond acceptors (Lipinski definition) is 4. The van der Waals surface area contributed by atoms with E-state index in [1.165, 1.54) is 52.8 Å². The van der Waals surface area contributed by atoms with Gasteiger partial charge < -0.3 is 4.74 Å². The molecule has 8 rings (SSSR count). The van der Waals surface area contributed by atoms with Crippen LogP contribution in [0.4, 0.5) is 0 Å². The van der Waals surface area contributed by atoms with Gasteiger partial charge >= 0.3 is 0 Å². The minimum Gasteiger partial charge on any atom is -0.356 e. The third kappa shape index (κ3) is 3.47. The van der Waals surface area contributed by atoms with E-state index in [0.29, 0.717) is 0 Å². The Labute approximate surface area is 234 Å². The first-order chi connectivity index (χ1) is 19.9. The van der Waals surface area contributed by atoms with Crippen molar-refractivity contribution in [1.82, 2.24) is 19.7 Å². The van der Waals surface area contributed by atoms with Crippen molar-refractivity contribution >= 4 is 0 Å². The van der Waals surface area contributed by atoms with E-state index in [0.717, 1.165) is 54.8 Å². The predicted octanol–water partition coefficient (Wildman–Crippen LogP) is 7.28. The third-order valence-corrected chi connectivity index (χ3v) is 9.10. The standard InChI is InChI=1S/C35H32N4O/c1-4-14-29-26(11-1)27-12-2-5-15-30(27)35(29,24-10-9-20-36-22-24)25-18-19-32(37-23-25)34-28-13-3-6-16-31(28)38-39(34)33-17-7-8-21-40-33/h1-2,4-5,9-12,14-15,18-20,22-23,33H,3,6-8,13,16-17,21H2. The molecule has 40 heavy (non-hydrogen) atoms. The van der Waals surface area contributed by atoms with Gasteiger partial charge in [-0.1, -0.05) is 60.7 Å². The Kier molecular flexibility index (Phi) is 5.66. The molecule has 2 aromatic carbocycles. The SMILES string of the molecule is c1cncc(C2(c3ccc(-c4c5c(nn4C4CCCCO4)CCCC5)nc3)c3ccccc3-c3ccccc32)c1. The van der Waals surface area contributed by atoms with E-state index in [9.17, 15) is 0 Å². The largest absolute Gasteiger partial charge is 0.356 e. The Hall–Kier alpha value is -4.09. The highest BCUT2D eigenvalue weighted by atomic mass is 16.5. The van der Waals surface area contributed by atoms with Crippen molar-refractivity contribution in [3.63, 3.8) is 0 Å². The average Bonchev–Trinajstić information content (AvgIpc) is 3.57. The lowest BCUT2D eigenvalue weighted by molar-refractivity contribution is -0.0386. The number of nitrogens with zero attached hydrogens (tertiary/aromatic N) is 4. The minimum atomic E-state index is -0.487. The summed E-state index contributed by atoms with van der Waals surface area (Å²) in [5.41, 5.74) is 11.6. The van der Waals surface area contributed by atoms with E-state index in [1.807, 2.05) is 18.5 Å². The van der Waals surface area contributed by atoms with Crippen LogP contribution in [0.1, 0.15) is 71.8 Å². The summed E-state index contributed by atoms with van der Waals surface area (Å²) in [5.74, 6) is 0. The highest BCUT2D eigenvalue weighted by Gasteiger charge is 2.46. The second-order valence-electron chi connectivity index (χ2n) is 11.3. The van der Waals surface area contributed by atoms with Gasteiger partial charge in [0, 0.05) is 30.8 Å². The number of aryl methyl sites for hydroxylation is 1. The first-order valence-corrected chi connectivity index (χ1v) is 14.6. The molecule has 0 amide bonds. The number of pyridine rings is 2. The molecule has 5 nitrogen and oxygen atoms in total. The van der Waals surface area contributed by atoms with E-state index in [1.54, 1.807) is 0 Å². The molecule has 1 aliphatic heterocycles. The van der Waals surface area contributed by atoms with Crippen LogP contribution in [0.25, 0.3) is 22.5 Å². The maximum absolute atomic E-state index is 6.23. The summed E-state index contributed by atoms with van der Waals surface area (Å²) >= 11 is 0. The normalized spacial score (nSPS) is 19.1. The fraction of sp³-hybridized carbons (Fsp3) is 0.286. The summed E-state index contributed by atoms with van der Waals surface area (Å²) in [4.78, 5) is 9.78. The number of aromatic nitrogens is 4. The van der Waals surface area contributed by atoms with E-state index < -0.39 is 5.41 Å². The number of fused-ring (bicyclic) bond motifs is 4. The smallest absolute Gasteiger partial charge is 0.150 e. The molecule has 1 saturated heterocycles. The lowest BCUT2D eigenvalue weighted by Gasteiger charge is -2.33. The van der Waals surface area contributed by atoms with E-state index in [2.05, 4.69) is 82.6 Å². The first-order valence-electron chi connectivity index (χ1n) is 14.6. The second kappa shape index (κ2) is 9.53. The van der Waals surface area contributed by atoms with Crippen LogP contribution in [0.15, 0.2) is 91.4 Å². The van der Waals surface area contributed by atoms with Crippen molar-refractivity contribution in [2.45, 2.75) is 56.6 Å². The summed E-state index contributed by atoms with van der Waals surface area (Å²) in [7, 11) is 0. The van der Waals surface area contributed by atoms with Gasteiger partial charge in [-0.3, -0.25) is 9.97 Å². The quantitative estimate of drug-likeness (QED) is 0.243. The summed E-state index contributed by atoms with van der Waals surface area (Å²) in [5, 5.41) is 5.11. The average molecular weight is 525 g/mol. The lowest BCUT2D eigenvalue weighted by Crippen LogP contribution is -2.29. The van der Waals surface area contributed by atoms with Gasteiger partial charge in [0.15, 0.2) is 6.23 Å². The second-order valence-corrected chi connectivity index (χ2v) is 11.3. The topological polar surface area (TPSA) is 52.8 Å². The maximum Gasteiger partial charge on any atom is 0.150 e. The number of benzene rings is 2. The van der Waals surface area contributed by atoms with Gasteiger partial charge in [0.2, 0.25) is 0 Å². The molecular formula is C35H32N4O. The molecular weight excluding hydrogens is 492 g/mol. The maximum atomic E-state index is 6.23. The summed E-state index contributed by atoms with van der Waals surface area (Å²) in [6.45, 7) is 0.799. The predicted molar refractivity (Wildman–Crippen MR) is 156 cm³/mol. The molecule has 0 N–H and O–H groups in total. The van der Waals surface area contributed by atoms with Gasteiger partial charge in [-0.05, 0) is 90.5 Å². The molecule has 1 fully saturated rings. The number of rotatable bonds is 4. The van der Waals surface area contributed by atoms with E-state index in [-0.39, 0.29) is 6.23 Å². The summed E-state index contributed by atoms with van der Waals surface area (Å²) in [6, 6.07) is 26.3. The fourth-order valence-corrected chi connectivity index (χ4v) is 7.33. The summed E-state index contributed by atoms with van der Waals surface area (Å²) in [6.07, 6.45) is 13.7. The zero-order valence-corrected chi connectivity index (χ0v) is 22.6. The van der Waals surface area contributed by atoms with Crippen LogP contribution in [0.2, 0.25) is 0 Å². The molecule has 4 heterocycles. The molecule has 0 saturated carbocycles. The van der Waals surface area contributed by atoms with Crippen LogP contribution >= 0.6 is 0 Å². The Morgan fingerprint density at radius 1 is 0.750 bits per heavy atom. The lowest BCUT2D eigenvalue weighted by atomic mass is 9.68. The number of hydrogen-bond donors (Lipinski definition) is 0. The molecule has 1 atom stereocenters. The van der Waals surface area contributed by atoms with Crippen molar-refractivity contribution in [3.05, 3.63) is 125 Å². The van der Waals surface area contributed by atoms with Crippen molar-refractivity contribution in [2.75, 3.05) is 6.61 Å². The van der Waals surface area contributed by atoms with Gasteiger partial charge in [-0.15, -0.1) is 0 Å². The van der Waals surface area contributed by atoms with Crippen molar-refractivity contribution < 1.29 is 4.74 Å². The minimum absolute atomic E-state index is 0.00820. The molecule has 5 aromatic rings. The van der Waals surface area contributed by atoms with Crippen LogP contribution in [-0.2, 0) is 23.0 Å². The molecule has 3 aliphatic rings. The highest BCUT2D eigenvalue weighted by Crippen LogP contribution is 2.55.